The molecule has 10 heteroatoms. The van der Waals surface area contributed by atoms with E-state index in [9.17, 15) is 30.7 Å². The molecule has 0 saturated heterocycles. The summed E-state index contributed by atoms with van der Waals surface area (Å²) < 4.78 is 92.1. The number of benzene rings is 1. The number of hydrogen-bond acceptors (Lipinski definition) is 1. The van der Waals surface area contributed by atoms with Gasteiger partial charge in [0.15, 0.2) is 0 Å². The molecule has 2 aromatic rings. The van der Waals surface area contributed by atoms with E-state index in [4.69, 9.17) is 0 Å². The molecule has 0 fully saturated rings. The highest BCUT2D eigenvalue weighted by Gasteiger charge is 2.73. The Morgan fingerprint density at radius 3 is 1.71 bits per heavy atom. The smallest absolute Gasteiger partial charge is 0.284 e. The lowest BCUT2D eigenvalue weighted by Gasteiger charge is -2.31. The van der Waals surface area contributed by atoms with E-state index in [1.54, 1.807) is 0 Å². The minimum atomic E-state index is -6.13. The third-order valence-electron chi connectivity index (χ3n) is 3.54. The first-order chi connectivity index (χ1) is 10.8. The minimum Gasteiger partial charge on any atom is -0.284 e. The van der Waals surface area contributed by atoms with E-state index in [0.717, 1.165) is 0 Å². The predicted octanol–water partition coefficient (Wildman–Crippen LogP) is 5.59. The summed E-state index contributed by atoms with van der Waals surface area (Å²) in [4.78, 5) is 0. The molecule has 0 saturated carbocycles. The number of aryl methyl sites for hydroxylation is 2. The fourth-order valence-electron chi connectivity index (χ4n) is 2.47. The van der Waals surface area contributed by atoms with Gasteiger partial charge in [0, 0.05) is 17.3 Å². The van der Waals surface area contributed by atoms with E-state index in [1.165, 1.54) is 20.0 Å². The van der Waals surface area contributed by atoms with Gasteiger partial charge in [-0.15, -0.1) is 0 Å². The average molecular weight is 466 g/mol. The van der Waals surface area contributed by atoms with Crippen LogP contribution in [0.5, 0.6) is 0 Å². The van der Waals surface area contributed by atoms with Gasteiger partial charge in [-0.2, -0.15) is 31.4 Å². The zero-order valence-corrected chi connectivity index (χ0v) is 14.4. The van der Waals surface area contributed by atoms with Gasteiger partial charge in [0.25, 0.3) is 0 Å². The molecule has 0 unspecified atom stereocenters. The normalized spacial score (nSPS) is 13.4. The summed E-state index contributed by atoms with van der Waals surface area (Å²) in [5, 5.41) is 6.48. The molecule has 1 aromatic heterocycles. The lowest BCUT2D eigenvalue weighted by Crippen LogP contribution is -2.50. The van der Waals surface area contributed by atoms with E-state index in [-0.39, 0.29) is 11.1 Å². The quantitative estimate of drug-likeness (QED) is 0.454. The Kier molecular flexibility index (Phi) is 4.66. The van der Waals surface area contributed by atoms with Crippen molar-refractivity contribution >= 4 is 22.6 Å². The fraction of sp³-hybridized carbons (Fsp3) is 0.357. The van der Waals surface area contributed by atoms with Crippen LogP contribution in [0.15, 0.2) is 18.3 Å². The van der Waals surface area contributed by atoms with Crippen molar-refractivity contribution in [3.05, 3.63) is 38.6 Å². The Morgan fingerprint density at radius 1 is 0.917 bits per heavy atom. The molecule has 1 aromatic carbocycles. The first-order valence-corrected chi connectivity index (χ1v) is 7.52. The average Bonchev–Trinajstić information content (AvgIpc) is 2.80. The third-order valence-corrected chi connectivity index (χ3v) is 4.36. The van der Waals surface area contributed by atoms with Gasteiger partial charge >= 0.3 is 18.0 Å². The molecule has 1 heterocycles. The first-order valence-electron chi connectivity index (χ1n) is 6.44. The third kappa shape index (κ3) is 2.88. The van der Waals surface area contributed by atoms with E-state index >= 15 is 0 Å². The fourth-order valence-corrected chi connectivity index (χ4v) is 3.00. The molecule has 0 aliphatic carbocycles. The maximum Gasteiger partial charge on any atom is 0.435 e. The van der Waals surface area contributed by atoms with Crippen molar-refractivity contribution in [1.82, 2.24) is 10.2 Å². The molecule has 0 aliphatic rings. The highest BCUT2D eigenvalue weighted by Crippen LogP contribution is 2.53. The molecule has 24 heavy (non-hydrogen) atoms. The summed E-state index contributed by atoms with van der Waals surface area (Å²) in [5.41, 5.74) is -6.08. The zero-order valence-electron chi connectivity index (χ0n) is 12.2. The molecule has 0 spiro atoms. The van der Waals surface area contributed by atoms with Gasteiger partial charge in [-0.3, -0.25) is 5.10 Å². The van der Waals surface area contributed by atoms with Crippen molar-refractivity contribution in [2.45, 2.75) is 31.9 Å². The number of rotatable bonds is 2. The molecule has 0 bridgehead atoms. The van der Waals surface area contributed by atoms with Gasteiger partial charge in [0.05, 0.1) is 3.57 Å². The maximum absolute atomic E-state index is 14.2. The Hall–Kier alpha value is -1.33. The molecule has 132 valence electrons. The van der Waals surface area contributed by atoms with Gasteiger partial charge in [-0.05, 0) is 47.6 Å². The van der Waals surface area contributed by atoms with E-state index in [0.29, 0.717) is 27.0 Å². The van der Waals surface area contributed by atoms with Crippen molar-refractivity contribution in [2.24, 2.45) is 0 Å². The Morgan fingerprint density at radius 2 is 1.38 bits per heavy atom. The number of H-pyrrole nitrogens is 1. The number of nitrogens with zero attached hydrogens (tertiary/aromatic N) is 1. The summed E-state index contributed by atoms with van der Waals surface area (Å²) >= 11 is 1.92. The van der Waals surface area contributed by atoms with E-state index in [1.807, 2.05) is 22.6 Å². The van der Waals surface area contributed by atoms with Crippen molar-refractivity contribution < 1.29 is 30.7 Å². The van der Waals surface area contributed by atoms with E-state index < -0.39 is 23.6 Å². The van der Waals surface area contributed by atoms with Gasteiger partial charge in [-0.1, -0.05) is 12.1 Å². The first kappa shape index (κ1) is 19.0. The van der Waals surface area contributed by atoms with E-state index in [2.05, 4.69) is 10.2 Å². The van der Waals surface area contributed by atoms with Crippen LogP contribution >= 0.6 is 22.6 Å². The second-order valence-electron chi connectivity index (χ2n) is 5.22. The van der Waals surface area contributed by atoms with Crippen LogP contribution < -0.4 is 0 Å². The standard InChI is InChI=1S/C14H10F7IN2/c1-6-3-8(12(15,13(16,17)18)14(19,20)21)4-7(2)10(6)11-9(22)5-23-24-11/h3-5H,1-2H3,(H,23,24). The summed E-state index contributed by atoms with van der Waals surface area (Å²) in [6, 6.07) is 1.13. The number of nitrogens with one attached hydrogen (secondary N) is 1. The van der Waals surface area contributed by atoms with Gasteiger partial charge in [0.2, 0.25) is 0 Å². The van der Waals surface area contributed by atoms with Crippen LogP contribution in [0.4, 0.5) is 30.7 Å². The predicted molar refractivity (Wildman–Crippen MR) is 81.1 cm³/mol. The monoisotopic (exact) mass is 466 g/mol. The van der Waals surface area contributed by atoms with Crippen LogP contribution in [0, 0.1) is 17.4 Å². The van der Waals surface area contributed by atoms with Crippen molar-refractivity contribution in [3.63, 3.8) is 0 Å². The molecular weight excluding hydrogens is 456 g/mol. The number of hydrogen-bond donors (Lipinski definition) is 1. The number of aromatic nitrogens is 2. The van der Waals surface area contributed by atoms with Crippen LogP contribution in [0.25, 0.3) is 11.3 Å². The Bertz CT molecular complexity index is 724. The van der Waals surface area contributed by atoms with Gasteiger partial charge in [-0.25, -0.2) is 4.39 Å². The molecule has 2 nitrogen and oxygen atoms in total. The molecule has 1 N–H and O–H groups in total. The highest BCUT2D eigenvalue weighted by atomic mass is 127. The highest BCUT2D eigenvalue weighted by molar-refractivity contribution is 14.1. The van der Waals surface area contributed by atoms with Crippen molar-refractivity contribution in [2.75, 3.05) is 0 Å². The summed E-state index contributed by atoms with van der Waals surface area (Å²) in [7, 11) is 0. The van der Waals surface area contributed by atoms with Gasteiger partial charge in [0.1, 0.15) is 5.69 Å². The van der Waals surface area contributed by atoms with Gasteiger partial charge < -0.3 is 0 Å². The molecule has 0 radical (unpaired) electrons. The molecular formula is C14H10F7IN2. The summed E-state index contributed by atoms with van der Waals surface area (Å²) in [6.07, 6.45) is -10.7. The van der Waals surface area contributed by atoms with Crippen molar-refractivity contribution in [3.8, 4) is 11.3 Å². The second kappa shape index (κ2) is 5.88. The summed E-state index contributed by atoms with van der Waals surface area (Å²) in [6.45, 7) is 2.62. The lowest BCUT2D eigenvalue weighted by atomic mass is 9.88. The molecule has 0 amide bonds. The van der Waals surface area contributed by atoms with Crippen LogP contribution in [0.2, 0.25) is 0 Å². The van der Waals surface area contributed by atoms with Crippen LogP contribution in [0.1, 0.15) is 16.7 Å². The minimum absolute atomic E-state index is 0.0607. The SMILES string of the molecule is Cc1cc(C(F)(C(F)(F)F)C(F)(F)F)cc(C)c1-c1n[nH]cc1I. The zero-order chi connectivity index (χ0) is 18.5. The number of aromatic amines is 1. The second-order valence-corrected chi connectivity index (χ2v) is 6.38. The lowest BCUT2D eigenvalue weighted by molar-refractivity contribution is -0.348. The molecule has 0 atom stereocenters. The van der Waals surface area contributed by atoms with Crippen LogP contribution in [-0.4, -0.2) is 22.5 Å². The number of alkyl halides is 7. The number of halogens is 8. The van der Waals surface area contributed by atoms with Crippen LogP contribution in [0.3, 0.4) is 0 Å². The Labute approximate surface area is 145 Å². The molecule has 0 aliphatic heterocycles. The largest absolute Gasteiger partial charge is 0.435 e. The maximum atomic E-state index is 14.2. The molecule has 2 rings (SSSR count). The summed E-state index contributed by atoms with van der Waals surface area (Å²) in [5.74, 6) is 0. The van der Waals surface area contributed by atoms with Crippen molar-refractivity contribution in [1.29, 1.82) is 0 Å². The topological polar surface area (TPSA) is 28.7 Å². The Balaban J connectivity index is 2.72. The van der Waals surface area contributed by atoms with Crippen LogP contribution in [-0.2, 0) is 5.67 Å².